The number of amides is 1. The summed E-state index contributed by atoms with van der Waals surface area (Å²) in [5.74, 6) is 1.15. The molecule has 4 aliphatic heterocycles. The monoisotopic (exact) mass is 490 g/mol. The van der Waals surface area contributed by atoms with Gasteiger partial charge in [-0.2, -0.15) is 5.26 Å². The molecule has 1 spiro atoms. The number of carbonyl (C=O) groups excluding carboxylic acids is 1. The molecular formula is C28H38N6O2. The molecule has 0 aromatic carbocycles. The number of nitriles is 1. The molecule has 4 fully saturated rings. The molecular weight excluding hydrogens is 452 g/mol. The number of ether oxygens (including phenoxy) is 1. The Morgan fingerprint density at radius 2 is 1.92 bits per heavy atom. The maximum atomic E-state index is 12.9. The topological polar surface area (TPSA) is 95.5 Å². The van der Waals surface area contributed by atoms with Crippen molar-refractivity contribution < 1.29 is 9.53 Å². The minimum Gasteiger partial charge on any atom is -0.381 e. The largest absolute Gasteiger partial charge is 0.381 e. The molecule has 3 saturated heterocycles. The van der Waals surface area contributed by atoms with E-state index in [1.54, 1.807) is 0 Å². The highest BCUT2D eigenvalue weighted by Gasteiger charge is 2.46. The average molecular weight is 491 g/mol. The lowest BCUT2D eigenvalue weighted by molar-refractivity contribution is -0.116. The lowest BCUT2D eigenvalue weighted by atomic mass is 9.71. The van der Waals surface area contributed by atoms with Crippen LogP contribution >= 0.6 is 0 Å². The Hall–Kier alpha value is -2.66. The number of fused-ring (bicyclic) bond motifs is 1. The first-order chi connectivity index (χ1) is 17.5. The molecule has 5 aliphatic rings. The number of dihydropyridines is 1. The molecule has 3 atom stereocenters. The molecule has 1 amide bonds. The maximum absolute atomic E-state index is 12.9. The fraction of sp³-hybridized carbons (Fsp3) is 0.714. The summed E-state index contributed by atoms with van der Waals surface area (Å²) in [6, 6.07) is 2.61. The van der Waals surface area contributed by atoms with Gasteiger partial charge in [-0.3, -0.25) is 9.79 Å². The number of nitrogens with zero attached hydrogens (tertiary/aromatic N) is 5. The van der Waals surface area contributed by atoms with Crippen LogP contribution in [0.2, 0.25) is 0 Å². The summed E-state index contributed by atoms with van der Waals surface area (Å²) in [7, 11) is 0. The summed E-state index contributed by atoms with van der Waals surface area (Å²) in [6.45, 7) is 6.49. The third-order valence-electron chi connectivity index (χ3n) is 9.70. The zero-order valence-corrected chi connectivity index (χ0v) is 21.5. The molecule has 1 aromatic heterocycles. The highest BCUT2D eigenvalue weighted by atomic mass is 16.5. The van der Waals surface area contributed by atoms with Gasteiger partial charge in [0.2, 0.25) is 0 Å². The fourth-order valence-electron chi connectivity index (χ4n) is 7.42. The zero-order valence-electron chi connectivity index (χ0n) is 21.5. The quantitative estimate of drug-likeness (QED) is 0.648. The highest BCUT2D eigenvalue weighted by Crippen LogP contribution is 2.46. The fourth-order valence-corrected chi connectivity index (χ4v) is 7.42. The summed E-state index contributed by atoms with van der Waals surface area (Å²) in [5.41, 5.74) is 2.58. The first-order valence-corrected chi connectivity index (χ1v) is 13.9. The van der Waals surface area contributed by atoms with Crippen molar-refractivity contribution in [1.82, 2.24) is 14.9 Å². The third-order valence-corrected chi connectivity index (χ3v) is 9.70. The van der Waals surface area contributed by atoms with Gasteiger partial charge in [0.1, 0.15) is 12.1 Å². The van der Waals surface area contributed by atoms with Crippen LogP contribution in [0.3, 0.4) is 0 Å². The van der Waals surface area contributed by atoms with Crippen molar-refractivity contribution in [3.05, 3.63) is 18.1 Å². The Kier molecular flexibility index (Phi) is 6.15. The number of hydrogen-bond acceptors (Lipinski definition) is 6. The first kappa shape index (κ1) is 23.7. The van der Waals surface area contributed by atoms with Crippen LogP contribution in [0.4, 0.5) is 5.82 Å². The number of carbonyl (C=O) groups is 1. The Morgan fingerprint density at radius 3 is 2.69 bits per heavy atom. The third kappa shape index (κ3) is 4.15. The first-order valence-electron chi connectivity index (χ1n) is 13.9. The standard InChI is InChI=1S/C28H38N6O2/c1-27(21-6-4-2-3-5-20(21)16-29)15-23(25-22(32-27)17-30-26(25)35)34-18-24(31-19-34)33-11-7-28(8-12-33)9-13-36-14-10-28/h18-21H,2-15,17H2,1H3,(H,30,35)/t20-,21-,27?/m1/s1. The van der Waals surface area contributed by atoms with E-state index in [1.807, 2.05) is 6.33 Å². The number of anilines is 1. The molecule has 1 unspecified atom stereocenters. The van der Waals surface area contributed by atoms with E-state index in [9.17, 15) is 10.1 Å². The van der Waals surface area contributed by atoms with Crippen LogP contribution in [-0.2, 0) is 9.53 Å². The van der Waals surface area contributed by atoms with Crippen molar-refractivity contribution in [2.45, 2.75) is 76.7 Å². The van der Waals surface area contributed by atoms with Gasteiger partial charge in [0.15, 0.2) is 0 Å². The van der Waals surface area contributed by atoms with E-state index in [0.29, 0.717) is 24.0 Å². The van der Waals surface area contributed by atoms with Gasteiger partial charge >= 0.3 is 0 Å². The van der Waals surface area contributed by atoms with Crippen LogP contribution in [0.15, 0.2) is 23.1 Å². The molecule has 1 aliphatic carbocycles. The normalized spacial score (nSPS) is 32.5. The van der Waals surface area contributed by atoms with E-state index in [0.717, 1.165) is 69.2 Å². The number of nitrogens with one attached hydrogen (secondary N) is 1. The molecule has 192 valence electrons. The molecule has 1 saturated carbocycles. The van der Waals surface area contributed by atoms with Crippen molar-refractivity contribution in [3.8, 4) is 6.07 Å². The second-order valence-corrected chi connectivity index (χ2v) is 11.8. The van der Waals surface area contributed by atoms with E-state index >= 15 is 0 Å². The van der Waals surface area contributed by atoms with Crippen LogP contribution in [0.25, 0.3) is 5.70 Å². The van der Waals surface area contributed by atoms with E-state index < -0.39 is 5.54 Å². The Labute approximate surface area is 213 Å². The van der Waals surface area contributed by atoms with Gasteiger partial charge in [0, 0.05) is 38.4 Å². The van der Waals surface area contributed by atoms with Crippen molar-refractivity contribution in [2.75, 3.05) is 37.7 Å². The van der Waals surface area contributed by atoms with Gasteiger partial charge in [0.25, 0.3) is 5.91 Å². The van der Waals surface area contributed by atoms with Crippen LogP contribution in [0, 0.1) is 28.6 Å². The van der Waals surface area contributed by atoms with Gasteiger partial charge in [-0.1, -0.05) is 19.3 Å². The molecule has 1 aromatic rings. The summed E-state index contributed by atoms with van der Waals surface area (Å²) < 4.78 is 7.68. The second-order valence-electron chi connectivity index (χ2n) is 11.8. The van der Waals surface area contributed by atoms with Gasteiger partial charge in [-0.05, 0) is 56.8 Å². The molecule has 0 bridgehead atoms. The van der Waals surface area contributed by atoms with Gasteiger partial charge in [-0.15, -0.1) is 0 Å². The number of rotatable bonds is 3. The average Bonchev–Trinajstić information content (AvgIpc) is 3.44. The molecule has 36 heavy (non-hydrogen) atoms. The molecule has 6 rings (SSSR count). The SMILES string of the molecule is CC1([C@@H]2CCCCC[C@@H]2C#N)CC(n2cnc(N3CCC4(CCOCC4)CC3)c2)=C2C(=O)NCC2=N1. The molecule has 8 heteroatoms. The minimum atomic E-state index is -0.393. The van der Waals surface area contributed by atoms with Crippen LogP contribution in [-0.4, -0.2) is 59.6 Å². The van der Waals surface area contributed by atoms with E-state index in [2.05, 4.69) is 34.0 Å². The summed E-state index contributed by atoms with van der Waals surface area (Å²) in [5, 5.41) is 13.0. The van der Waals surface area contributed by atoms with Crippen molar-refractivity contribution in [2.24, 2.45) is 22.2 Å². The van der Waals surface area contributed by atoms with Gasteiger partial charge in [0.05, 0.1) is 41.6 Å². The van der Waals surface area contributed by atoms with Crippen LogP contribution in [0.1, 0.15) is 71.1 Å². The zero-order chi connectivity index (χ0) is 24.8. The molecule has 5 heterocycles. The van der Waals surface area contributed by atoms with Gasteiger partial charge in [-0.25, -0.2) is 4.98 Å². The second kappa shape index (κ2) is 9.33. The number of aromatic nitrogens is 2. The summed E-state index contributed by atoms with van der Waals surface area (Å²) in [4.78, 5) is 25.3. The van der Waals surface area contributed by atoms with Crippen molar-refractivity contribution in [1.29, 1.82) is 5.26 Å². The summed E-state index contributed by atoms with van der Waals surface area (Å²) in [6.07, 6.45) is 14.8. The van der Waals surface area contributed by atoms with E-state index in [-0.39, 0.29) is 17.7 Å². The highest BCUT2D eigenvalue weighted by molar-refractivity contribution is 6.31. The smallest absolute Gasteiger partial charge is 0.255 e. The number of imidazole rings is 1. The lowest BCUT2D eigenvalue weighted by Gasteiger charge is -2.44. The van der Waals surface area contributed by atoms with Crippen LogP contribution in [0.5, 0.6) is 0 Å². The molecule has 1 N–H and O–H groups in total. The molecule has 0 radical (unpaired) electrons. The Bertz CT molecular complexity index is 1110. The van der Waals surface area contributed by atoms with Gasteiger partial charge < -0.3 is 19.5 Å². The van der Waals surface area contributed by atoms with E-state index in [1.165, 1.54) is 32.1 Å². The number of aliphatic imine (C=N–C) groups is 1. The predicted molar refractivity (Wildman–Crippen MR) is 139 cm³/mol. The predicted octanol–water partition coefficient (Wildman–Crippen LogP) is 3.94. The lowest BCUT2D eigenvalue weighted by Crippen LogP contribution is -2.43. The Morgan fingerprint density at radius 1 is 1.14 bits per heavy atom. The van der Waals surface area contributed by atoms with Crippen LogP contribution < -0.4 is 10.2 Å². The maximum Gasteiger partial charge on any atom is 0.255 e. The van der Waals surface area contributed by atoms with Crippen molar-refractivity contribution in [3.63, 3.8) is 0 Å². The summed E-state index contributed by atoms with van der Waals surface area (Å²) >= 11 is 0. The van der Waals surface area contributed by atoms with Crippen molar-refractivity contribution >= 4 is 23.1 Å². The minimum absolute atomic E-state index is 0.0129. The van der Waals surface area contributed by atoms with E-state index in [4.69, 9.17) is 14.7 Å². The Balaban J connectivity index is 1.27. The number of hydrogen-bond donors (Lipinski definition) is 1. The molecule has 8 nitrogen and oxygen atoms in total. The number of piperidine rings is 1.